The van der Waals surface area contributed by atoms with Gasteiger partial charge < -0.3 is 5.32 Å². The molecule has 4 nitrogen and oxygen atoms in total. The first-order chi connectivity index (χ1) is 10.1. The van der Waals surface area contributed by atoms with E-state index in [1.165, 1.54) is 6.20 Å². The van der Waals surface area contributed by atoms with Gasteiger partial charge in [-0.05, 0) is 30.3 Å². The van der Waals surface area contributed by atoms with Crippen molar-refractivity contribution in [1.29, 1.82) is 0 Å². The third-order valence-electron chi connectivity index (χ3n) is 2.92. The van der Waals surface area contributed by atoms with Gasteiger partial charge in [-0.1, -0.05) is 29.3 Å². The van der Waals surface area contributed by atoms with E-state index >= 15 is 0 Å². The fourth-order valence-electron chi connectivity index (χ4n) is 2.00. The van der Waals surface area contributed by atoms with Crippen molar-refractivity contribution in [3.63, 3.8) is 0 Å². The van der Waals surface area contributed by atoms with Gasteiger partial charge in [0.15, 0.2) is 0 Å². The first kappa shape index (κ1) is 13.8. The summed E-state index contributed by atoms with van der Waals surface area (Å²) in [5.74, 6) is -0.359. The smallest absolute Gasteiger partial charge is 0.258 e. The maximum Gasteiger partial charge on any atom is 0.258 e. The van der Waals surface area contributed by atoms with Crippen molar-refractivity contribution < 1.29 is 4.79 Å². The van der Waals surface area contributed by atoms with Crippen LogP contribution in [0, 0.1) is 0 Å². The maximum absolute atomic E-state index is 12.3. The third kappa shape index (κ3) is 2.82. The minimum absolute atomic E-state index is 0.147. The number of rotatable bonds is 2. The molecule has 0 saturated heterocycles. The Morgan fingerprint density at radius 1 is 1.05 bits per heavy atom. The number of anilines is 1. The lowest BCUT2D eigenvalue weighted by molar-refractivity contribution is 0.102. The Hall–Kier alpha value is -2.17. The third-order valence-corrected chi connectivity index (χ3v) is 3.44. The molecule has 3 rings (SSSR count). The Labute approximate surface area is 130 Å². The minimum atomic E-state index is -0.359. The van der Waals surface area contributed by atoms with Gasteiger partial charge in [-0.25, -0.2) is 4.98 Å². The molecule has 2 aromatic heterocycles. The molecule has 21 heavy (non-hydrogen) atoms. The summed E-state index contributed by atoms with van der Waals surface area (Å²) in [7, 11) is 0. The highest BCUT2D eigenvalue weighted by atomic mass is 35.5. The summed E-state index contributed by atoms with van der Waals surface area (Å²) in [5, 5.41) is 4.28. The van der Waals surface area contributed by atoms with E-state index in [0.717, 1.165) is 5.39 Å². The number of carbonyl (C=O) groups excluding carboxylic acids is 1. The quantitative estimate of drug-likeness (QED) is 0.721. The zero-order valence-electron chi connectivity index (χ0n) is 10.7. The van der Waals surface area contributed by atoms with Crippen LogP contribution in [0.1, 0.15) is 10.4 Å². The second-order valence-corrected chi connectivity index (χ2v) is 5.12. The minimum Gasteiger partial charge on any atom is -0.320 e. The van der Waals surface area contributed by atoms with Crippen LogP contribution in [0.15, 0.2) is 48.8 Å². The van der Waals surface area contributed by atoms with Gasteiger partial charge in [0, 0.05) is 22.8 Å². The normalized spacial score (nSPS) is 10.6. The van der Waals surface area contributed by atoms with Crippen molar-refractivity contribution in [1.82, 2.24) is 9.97 Å². The summed E-state index contributed by atoms with van der Waals surface area (Å²) in [6.45, 7) is 0. The topological polar surface area (TPSA) is 54.9 Å². The van der Waals surface area contributed by atoms with E-state index in [9.17, 15) is 4.79 Å². The molecule has 2 heterocycles. The van der Waals surface area contributed by atoms with Gasteiger partial charge in [0.1, 0.15) is 5.15 Å². The van der Waals surface area contributed by atoms with Crippen LogP contribution in [-0.4, -0.2) is 15.9 Å². The van der Waals surface area contributed by atoms with Gasteiger partial charge in [-0.2, -0.15) is 0 Å². The molecule has 0 aliphatic heterocycles. The van der Waals surface area contributed by atoms with Crippen molar-refractivity contribution in [2.75, 3.05) is 5.32 Å². The van der Waals surface area contributed by atoms with Crippen LogP contribution in [0.4, 0.5) is 5.69 Å². The van der Waals surface area contributed by atoms with Crippen LogP contribution < -0.4 is 5.32 Å². The number of pyridine rings is 2. The Morgan fingerprint density at radius 2 is 1.81 bits per heavy atom. The lowest BCUT2D eigenvalue weighted by Crippen LogP contribution is -2.13. The van der Waals surface area contributed by atoms with E-state index in [2.05, 4.69) is 15.3 Å². The zero-order valence-corrected chi connectivity index (χ0v) is 12.2. The van der Waals surface area contributed by atoms with E-state index < -0.39 is 0 Å². The molecule has 0 fully saturated rings. The highest BCUT2D eigenvalue weighted by Crippen LogP contribution is 2.27. The maximum atomic E-state index is 12.3. The number of aromatic nitrogens is 2. The Bertz CT molecular complexity index is 836. The van der Waals surface area contributed by atoms with Crippen LogP contribution in [0.3, 0.4) is 0 Å². The number of amides is 1. The molecule has 0 spiro atoms. The standard InChI is InChI=1S/C15H9Cl2N3O/c16-10-7-9-3-1-5-18-13(9)12(8-10)20-15(21)11-4-2-6-19-14(11)17/h1-8H,(H,20,21). The summed E-state index contributed by atoms with van der Waals surface area (Å²) in [6, 6.07) is 10.4. The SMILES string of the molecule is O=C(Nc1cc(Cl)cc2cccnc12)c1cccnc1Cl. The van der Waals surface area contributed by atoms with Gasteiger partial charge in [0.05, 0.1) is 16.8 Å². The molecule has 0 unspecified atom stereocenters. The number of benzene rings is 1. The molecule has 1 aromatic carbocycles. The first-order valence-corrected chi connectivity index (χ1v) is 6.87. The van der Waals surface area contributed by atoms with Crippen molar-refractivity contribution in [2.45, 2.75) is 0 Å². The van der Waals surface area contributed by atoms with Crippen molar-refractivity contribution in [2.24, 2.45) is 0 Å². The monoisotopic (exact) mass is 317 g/mol. The second kappa shape index (κ2) is 5.68. The number of hydrogen-bond donors (Lipinski definition) is 1. The number of hydrogen-bond acceptors (Lipinski definition) is 3. The van der Waals surface area contributed by atoms with E-state index in [0.29, 0.717) is 21.8 Å². The summed E-state index contributed by atoms with van der Waals surface area (Å²) in [4.78, 5) is 20.4. The van der Waals surface area contributed by atoms with E-state index in [1.807, 2.05) is 12.1 Å². The van der Waals surface area contributed by atoms with Crippen LogP contribution in [0.5, 0.6) is 0 Å². The predicted molar refractivity (Wildman–Crippen MR) is 84.0 cm³/mol. The predicted octanol–water partition coefficient (Wildman–Crippen LogP) is 4.19. The molecular weight excluding hydrogens is 309 g/mol. The molecule has 104 valence electrons. The van der Waals surface area contributed by atoms with Gasteiger partial charge in [0.2, 0.25) is 0 Å². The Morgan fingerprint density at radius 3 is 2.62 bits per heavy atom. The number of carbonyl (C=O) groups is 1. The molecule has 6 heteroatoms. The molecule has 1 N–H and O–H groups in total. The molecule has 0 atom stereocenters. The van der Waals surface area contributed by atoms with Crippen LogP contribution >= 0.6 is 23.2 Å². The first-order valence-electron chi connectivity index (χ1n) is 6.11. The highest BCUT2D eigenvalue weighted by Gasteiger charge is 2.13. The lowest BCUT2D eigenvalue weighted by atomic mass is 10.2. The second-order valence-electron chi connectivity index (χ2n) is 4.32. The fourth-order valence-corrected chi connectivity index (χ4v) is 2.43. The molecule has 0 aliphatic carbocycles. The van der Waals surface area contributed by atoms with Crippen molar-refractivity contribution >= 4 is 45.7 Å². The Balaban J connectivity index is 2.02. The average molecular weight is 318 g/mol. The van der Waals surface area contributed by atoms with Crippen molar-refractivity contribution in [3.05, 3.63) is 64.5 Å². The van der Waals surface area contributed by atoms with E-state index in [1.54, 1.807) is 30.5 Å². The molecule has 0 aliphatic rings. The summed E-state index contributed by atoms with van der Waals surface area (Å²) in [6.07, 6.45) is 3.18. The number of fused-ring (bicyclic) bond motifs is 1. The fraction of sp³-hybridized carbons (Fsp3) is 0. The lowest BCUT2D eigenvalue weighted by Gasteiger charge is -2.09. The zero-order chi connectivity index (χ0) is 14.8. The number of halogens is 2. The number of nitrogens with zero attached hydrogens (tertiary/aromatic N) is 2. The van der Waals surface area contributed by atoms with Crippen LogP contribution in [0.2, 0.25) is 10.2 Å². The molecular formula is C15H9Cl2N3O. The number of nitrogens with one attached hydrogen (secondary N) is 1. The average Bonchev–Trinajstić information content (AvgIpc) is 2.47. The molecule has 3 aromatic rings. The van der Waals surface area contributed by atoms with Gasteiger partial charge >= 0.3 is 0 Å². The highest BCUT2D eigenvalue weighted by molar-refractivity contribution is 6.34. The molecule has 1 amide bonds. The van der Waals surface area contributed by atoms with Gasteiger partial charge in [0.25, 0.3) is 5.91 Å². The molecule has 0 bridgehead atoms. The van der Waals surface area contributed by atoms with Crippen molar-refractivity contribution in [3.8, 4) is 0 Å². The van der Waals surface area contributed by atoms with E-state index in [4.69, 9.17) is 23.2 Å². The largest absolute Gasteiger partial charge is 0.320 e. The molecule has 0 radical (unpaired) electrons. The van der Waals surface area contributed by atoms with Gasteiger partial charge in [-0.3, -0.25) is 9.78 Å². The van der Waals surface area contributed by atoms with Gasteiger partial charge in [-0.15, -0.1) is 0 Å². The summed E-state index contributed by atoms with van der Waals surface area (Å²) >= 11 is 12.0. The van der Waals surface area contributed by atoms with Crippen LogP contribution in [-0.2, 0) is 0 Å². The Kier molecular flexibility index (Phi) is 3.73. The van der Waals surface area contributed by atoms with E-state index in [-0.39, 0.29) is 11.1 Å². The van der Waals surface area contributed by atoms with Crippen LogP contribution in [0.25, 0.3) is 10.9 Å². The summed E-state index contributed by atoms with van der Waals surface area (Å²) < 4.78 is 0. The molecule has 0 saturated carbocycles. The summed E-state index contributed by atoms with van der Waals surface area (Å²) in [5.41, 5.74) is 1.49.